The Morgan fingerprint density at radius 2 is 1.05 bits per heavy atom. The van der Waals surface area contributed by atoms with Crippen LogP contribution in [0.15, 0.2) is 94.7 Å². The lowest BCUT2D eigenvalue weighted by molar-refractivity contribution is 0.0639. The molecule has 0 aliphatic carbocycles. The van der Waals surface area contributed by atoms with E-state index in [0.29, 0.717) is 38.2 Å². The van der Waals surface area contributed by atoms with Crippen LogP contribution in [0, 0.1) is 0 Å². The number of anilines is 1. The van der Waals surface area contributed by atoms with E-state index in [9.17, 15) is 26.4 Å². The Labute approximate surface area is 392 Å². The summed E-state index contributed by atoms with van der Waals surface area (Å²) in [5, 5.41) is 0. The number of fused-ring (bicyclic) bond motifs is 6. The van der Waals surface area contributed by atoms with Gasteiger partial charge in [0.25, 0.3) is 11.8 Å². The van der Waals surface area contributed by atoms with Crippen molar-refractivity contribution in [3.8, 4) is 26.6 Å². The molecule has 3 aromatic carbocycles. The average molecular weight is 957 g/mol. The van der Waals surface area contributed by atoms with E-state index >= 15 is 0 Å². The summed E-state index contributed by atoms with van der Waals surface area (Å²) in [6, 6.07) is 26.0. The highest BCUT2D eigenvalue weighted by Gasteiger charge is 2.34. The van der Waals surface area contributed by atoms with Crippen molar-refractivity contribution in [2.24, 2.45) is 0 Å². The normalized spacial score (nSPS) is 17.2. The van der Waals surface area contributed by atoms with Crippen LogP contribution in [0.2, 0.25) is 0 Å². The van der Waals surface area contributed by atoms with E-state index in [4.69, 9.17) is 4.74 Å². The molecule has 0 bridgehead atoms. The molecular formula is C50H60N4O7S4. The highest BCUT2D eigenvalue weighted by molar-refractivity contribution is 7.91. The molecule has 4 aliphatic heterocycles. The number of hydrogen-bond acceptors (Lipinski definition) is 11. The first-order valence-electron chi connectivity index (χ1n) is 23.1. The molecule has 65 heavy (non-hydrogen) atoms. The molecule has 15 heteroatoms. The van der Waals surface area contributed by atoms with Crippen molar-refractivity contribution in [2.75, 3.05) is 70.4 Å². The van der Waals surface area contributed by atoms with E-state index in [1.807, 2.05) is 46.2 Å². The smallest absolute Gasteiger partial charge is 0.264 e. The Morgan fingerprint density at radius 1 is 0.569 bits per heavy atom. The van der Waals surface area contributed by atoms with Gasteiger partial charge in [0, 0.05) is 78.9 Å². The van der Waals surface area contributed by atoms with Crippen LogP contribution in [0.25, 0.3) is 20.9 Å². The van der Waals surface area contributed by atoms with Gasteiger partial charge in [-0.05, 0) is 79.0 Å². The first kappa shape index (κ1) is 47.0. The molecule has 6 heterocycles. The van der Waals surface area contributed by atoms with Gasteiger partial charge in [-0.15, -0.1) is 22.7 Å². The van der Waals surface area contributed by atoms with E-state index in [-0.39, 0.29) is 23.3 Å². The minimum absolute atomic E-state index is 0.0178. The topological polar surface area (TPSA) is 125 Å². The van der Waals surface area contributed by atoms with Crippen molar-refractivity contribution >= 4 is 59.8 Å². The molecule has 0 atom stereocenters. The zero-order valence-corrected chi connectivity index (χ0v) is 40.8. The van der Waals surface area contributed by atoms with Gasteiger partial charge >= 0.3 is 0 Å². The first-order chi connectivity index (χ1) is 31.5. The monoisotopic (exact) mass is 956 g/mol. The fraction of sp³-hybridized carbons (Fsp3) is 0.440. The molecule has 4 aliphatic rings. The van der Waals surface area contributed by atoms with Gasteiger partial charge in [0.15, 0.2) is 19.7 Å². The third-order valence-electron chi connectivity index (χ3n) is 12.7. The van der Waals surface area contributed by atoms with Crippen LogP contribution in [0.3, 0.4) is 0 Å². The predicted octanol–water partition coefficient (Wildman–Crippen LogP) is 9.66. The number of ether oxygens (including phenoxy) is 1. The minimum atomic E-state index is -3.38. The highest BCUT2D eigenvalue weighted by Crippen LogP contribution is 2.44. The van der Waals surface area contributed by atoms with Gasteiger partial charge in [0.1, 0.15) is 5.75 Å². The summed E-state index contributed by atoms with van der Waals surface area (Å²) in [7, 11) is -6.71. The summed E-state index contributed by atoms with van der Waals surface area (Å²) >= 11 is 2.84. The molecule has 0 N–H and O–H groups in total. The number of piperazine rings is 2. The van der Waals surface area contributed by atoms with Gasteiger partial charge < -0.3 is 19.4 Å². The lowest BCUT2D eigenvalue weighted by Gasteiger charge is -2.36. The SMILES string of the molecule is CCCCCCN1CCN(C(=O)c2cc3c(s2)-c2ccccc2S(=O)(=O)C3)CC1.CCCCCCOc1ccc(N2CCN(C(=O)c3cc4c(s3)-c3ccccc3S(=O)(=O)C4)CC2)cc1. The van der Waals surface area contributed by atoms with E-state index in [1.165, 1.54) is 67.6 Å². The number of hydrogen-bond donors (Lipinski definition) is 0. The largest absolute Gasteiger partial charge is 0.494 e. The van der Waals surface area contributed by atoms with Gasteiger partial charge in [-0.1, -0.05) is 88.8 Å². The Morgan fingerprint density at radius 3 is 1.55 bits per heavy atom. The van der Waals surface area contributed by atoms with E-state index in [1.54, 1.807) is 36.4 Å². The molecule has 5 aromatic rings. The lowest BCUT2D eigenvalue weighted by atomic mass is 10.1. The van der Waals surface area contributed by atoms with Gasteiger partial charge in [0.05, 0.1) is 37.7 Å². The quantitative estimate of drug-likeness (QED) is 0.100. The molecule has 11 nitrogen and oxygen atoms in total. The van der Waals surface area contributed by atoms with E-state index < -0.39 is 19.7 Å². The van der Waals surface area contributed by atoms with Crippen molar-refractivity contribution in [3.05, 3.63) is 106 Å². The molecule has 0 spiro atoms. The third kappa shape index (κ3) is 10.9. The van der Waals surface area contributed by atoms with Gasteiger partial charge in [-0.3, -0.25) is 14.5 Å². The zero-order chi connectivity index (χ0) is 45.6. The third-order valence-corrected chi connectivity index (χ3v) is 18.5. The Bertz CT molecular complexity index is 2680. The number of unbranched alkanes of at least 4 members (excludes halogenated alkanes) is 6. The minimum Gasteiger partial charge on any atom is -0.494 e. The Hall–Kier alpha value is -4.54. The maximum atomic E-state index is 13.3. The van der Waals surface area contributed by atoms with Crippen LogP contribution < -0.4 is 9.64 Å². The fourth-order valence-corrected chi connectivity index (χ4v) is 14.9. The van der Waals surface area contributed by atoms with Crippen molar-refractivity contribution < 1.29 is 31.2 Å². The maximum Gasteiger partial charge on any atom is 0.264 e. The number of carbonyl (C=O) groups excluding carboxylic acids is 2. The van der Waals surface area contributed by atoms with Crippen LogP contribution in [0.4, 0.5) is 5.69 Å². The number of rotatable bonds is 14. The molecule has 0 saturated carbocycles. The number of carbonyl (C=O) groups is 2. The van der Waals surface area contributed by atoms with Crippen molar-refractivity contribution in [3.63, 3.8) is 0 Å². The first-order valence-corrected chi connectivity index (χ1v) is 28.1. The molecular weight excluding hydrogens is 897 g/mol. The van der Waals surface area contributed by atoms with E-state index in [0.717, 1.165) is 96.7 Å². The summed E-state index contributed by atoms with van der Waals surface area (Å²) in [4.78, 5) is 38.7. The summed E-state index contributed by atoms with van der Waals surface area (Å²) in [5.74, 6) is 0.847. The zero-order valence-electron chi connectivity index (χ0n) is 37.5. The molecule has 2 aromatic heterocycles. The van der Waals surface area contributed by atoms with Crippen molar-refractivity contribution in [1.29, 1.82) is 0 Å². The number of thiophene rings is 2. The Kier molecular flexibility index (Phi) is 15.1. The summed E-state index contributed by atoms with van der Waals surface area (Å²) in [5.41, 5.74) is 4.06. The average Bonchev–Trinajstić information content (AvgIpc) is 3.95. The maximum absolute atomic E-state index is 13.3. The number of amides is 2. The van der Waals surface area contributed by atoms with Gasteiger partial charge in [-0.25, -0.2) is 16.8 Å². The number of benzene rings is 3. The number of sulfone groups is 2. The van der Waals surface area contributed by atoms with Gasteiger partial charge in [-0.2, -0.15) is 0 Å². The second-order valence-electron chi connectivity index (χ2n) is 17.3. The molecule has 2 amide bonds. The molecule has 0 unspecified atom stereocenters. The van der Waals surface area contributed by atoms with Crippen LogP contribution in [-0.4, -0.2) is 109 Å². The molecule has 0 radical (unpaired) electrons. The summed E-state index contributed by atoms with van der Waals surface area (Å²) in [6.07, 6.45) is 9.82. The van der Waals surface area contributed by atoms with Crippen molar-refractivity contribution in [2.45, 2.75) is 86.5 Å². The summed E-state index contributed by atoms with van der Waals surface area (Å²) < 4.78 is 56.4. The van der Waals surface area contributed by atoms with E-state index in [2.05, 4.69) is 35.8 Å². The molecule has 9 rings (SSSR count). The van der Waals surface area contributed by atoms with Crippen LogP contribution in [0.1, 0.15) is 95.7 Å². The molecule has 346 valence electrons. The van der Waals surface area contributed by atoms with Crippen molar-refractivity contribution in [1.82, 2.24) is 14.7 Å². The second-order valence-corrected chi connectivity index (χ2v) is 23.3. The van der Waals surface area contributed by atoms with Crippen LogP contribution in [-0.2, 0) is 31.2 Å². The standard InChI is InChI=1S/C28H32N2O4S2.C22H28N2O3S2/c1-2-3-4-7-18-34-23-12-10-22(11-13-23)29-14-16-30(17-15-29)28(31)25-19-21-20-36(32,33)26-9-6-5-8-24(26)27(21)35-25;1-2-3-4-7-10-23-11-13-24(14-12-23)22(25)19-15-17-16-29(26,27)20-9-6-5-8-18(20)21(17)28-19/h5-6,8-13,19H,2-4,7,14-18,20H2,1H3;5-6,8-9,15H,2-4,7,10-14,16H2,1H3. The fourth-order valence-electron chi connectivity index (χ4n) is 9.04. The molecule has 2 saturated heterocycles. The second kappa shape index (κ2) is 21.0. The predicted molar refractivity (Wildman–Crippen MR) is 262 cm³/mol. The Balaban J connectivity index is 0.000000181. The molecule has 2 fully saturated rings. The summed E-state index contributed by atoms with van der Waals surface area (Å²) in [6.45, 7) is 12.4. The van der Waals surface area contributed by atoms with Crippen LogP contribution in [0.5, 0.6) is 5.75 Å². The highest BCUT2D eigenvalue weighted by atomic mass is 32.2. The van der Waals surface area contributed by atoms with Gasteiger partial charge in [0.2, 0.25) is 0 Å². The van der Waals surface area contributed by atoms with Crippen LogP contribution >= 0.6 is 22.7 Å². The lowest BCUT2D eigenvalue weighted by Crippen LogP contribution is -2.48. The number of nitrogens with zero attached hydrogens (tertiary/aromatic N) is 4.